The fraction of sp³-hybridized carbons (Fsp3) is 0.267. The Hall–Kier alpha value is -2.21. The van der Waals surface area contributed by atoms with Gasteiger partial charge in [-0.05, 0) is 42.5 Å². The smallest absolute Gasteiger partial charge is 0.267 e. The average molecular weight is 301 g/mol. The van der Waals surface area contributed by atoms with E-state index < -0.39 is 5.91 Å². The molecule has 6 heteroatoms. The molecule has 0 saturated heterocycles. The maximum atomic E-state index is 12.2. The molecule has 2 aromatic heterocycles. The molecule has 1 fully saturated rings. The predicted octanol–water partition coefficient (Wildman–Crippen LogP) is 2.29. The van der Waals surface area contributed by atoms with Gasteiger partial charge in [-0.15, -0.1) is 11.3 Å². The van der Waals surface area contributed by atoms with Crippen molar-refractivity contribution in [2.24, 2.45) is 11.7 Å². The predicted molar refractivity (Wildman–Crippen MR) is 81.3 cm³/mol. The first-order valence-electron chi connectivity index (χ1n) is 6.67. The Balaban J connectivity index is 1.63. The van der Waals surface area contributed by atoms with E-state index in [9.17, 15) is 9.59 Å². The molecule has 21 heavy (non-hydrogen) atoms. The first-order chi connectivity index (χ1) is 10.1. The number of primary amides is 1. The van der Waals surface area contributed by atoms with Gasteiger partial charge in [0.2, 0.25) is 5.91 Å². The Morgan fingerprint density at radius 3 is 2.76 bits per heavy atom. The highest BCUT2D eigenvalue weighted by molar-refractivity contribution is 7.10. The van der Waals surface area contributed by atoms with Crippen molar-refractivity contribution < 1.29 is 9.59 Å². The highest BCUT2D eigenvalue weighted by Gasteiger charge is 2.45. The van der Waals surface area contributed by atoms with Crippen LogP contribution in [0.4, 0.5) is 5.69 Å². The molecule has 2 atom stereocenters. The Morgan fingerprint density at radius 1 is 1.38 bits per heavy atom. The molecule has 2 aromatic rings. The molecule has 3 N–H and O–H groups in total. The first kappa shape index (κ1) is 13.8. The van der Waals surface area contributed by atoms with Crippen LogP contribution >= 0.6 is 11.3 Å². The summed E-state index contributed by atoms with van der Waals surface area (Å²) in [6.07, 6.45) is 2.34. The first-order valence-corrected chi connectivity index (χ1v) is 7.55. The number of thiophene rings is 1. The van der Waals surface area contributed by atoms with E-state index in [1.807, 2.05) is 0 Å². The third-order valence-corrected chi connectivity index (χ3v) is 4.80. The third kappa shape index (κ3) is 2.80. The van der Waals surface area contributed by atoms with Crippen molar-refractivity contribution in [3.05, 3.63) is 45.9 Å². The number of nitrogens with one attached hydrogen (secondary N) is 1. The van der Waals surface area contributed by atoms with Gasteiger partial charge in [-0.2, -0.15) is 0 Å². The minimum Gasteiger partial charge on any atom is -0.364 e. The van der Waals surface area contributed by atoms with Crippen molar-refractivity contribution >= 4 is 28.8 Å². The minimum absolute atomic E-state index is 0.00132. The number of hydrogen-bond donors (Lipinski definition) is 2. The van der Waals surface area contributed by atoms with Gasteiger partial charge in [-0.25, -0.2) is 4.98 Å². The topological polar surface area (TPSA) is 85.1 Å². The Labute approximate surface area is 126 Å². The van der Waals surface area contributed by atoms with Gasteiger partial charge < -0.3 is 11.1 Å². The molecule has 0 radical (unpaired) electrons. The fourth-order valence-electron chi connectivity index (χ4n) is 2.39. The fourth-order valence-corrected chi connectivity index (χ4v) is 3.50. The molecule has 1 aliphatic rings. The zero-order valence-corrected chi connectivity index (χ0v) is 12.3. The van der Waals surface area contributed by atoms with Crippen LogP contribution in [0.5, 0.6) is 0 Å². The van der Waals surface area contributed by atoms with E-state index in [4.69, 9.17) is 5.73 Å². The van der Waals surface area contributed by atoms with Crippen molar-refractivity contribution in [3.8, 4) is 0 Å². The van der Waals surface area contributed by atoms with E-state index in [-0.39, 0.29) is 17.5 Å². The van der Waals surface area contributed by atoms with Crippen LogP contribution in [0.15, 0.2) is 29.8 Å². The third-order valence-electron chi connectivity index (χ3n) is 3.65. The molecule has 2 amide bonds. The van der Waals surface area contributed by atoms with Crippen molar-refractivity contribution in [3.63, 3.8) is 0 Å². The van der Waals surface area contributed by atoms with Crippen LogP contribution in [-0.4, -0.2) is 16.8 Å². The summed E-state index contributed by atoms with van der Waals surface area (Å²) in [5.41, 5.74) is 7.15. The molecule has 5 nitrogen and oxygen atoms in total. The van der Waals surface area contributed by atoms with E-state index in [2.05, 4.69) is 28.7 Å². The van der Waals surface area contributed by atoms with Gasteiger partial charge in [0, 0.05) is 16.7 Å². The summed E-state index contributed by atoms with van der Waals surface area (Å²) in [6, 6.07) is 5.23. The van der Waals surface area contributed by atoms with E-state index >= 15 is 0 Å². The van der Waals surface area contributed by atoms with Crippen LogP contribution in [0, 0.1) is 12.8 Å². The average Bonchev–Trinajstić information content (AvgIpc) is 3.14. The van der Waals surface area contributed by atoms with Gasteiger partial charge in [0.25, 0.3) is 5.91 Å². The SMILES string of the molecule is Cc1ccsc1[C@H]1C[C@@H]1C(=O)Nc1ccc(C(N)=O)nc1. The standard InChI is InChI=1S/C15H15N3O2S/c1-8-4-5-21-13(8)10-6-11(10)15(20)18-9-2-3-12(14(16)19)17-7-9/h2-5,7,10-11H,6H2,1H3,(H2,16,19)(H,18,20)/t10-,11-/m0/s1. The summed E-state index contributed by atoms with van der Waals surface area (Å²) >= 11 is 1.71. The van der Waals surface area contributed by atoms with Crippen LogP contribution in [0.25, 0.3) is 0 Å². The molecular formula is C15H15N3O2S. The van der Waals surface area contributed by atoms with Gasteiger partial charge in [0.15, 0.2) is 0 Å². The van der Waals surface area contributed by atoms with Gasteiger partial charge >= 0.3 is 0 Å². The van der Waals surface area contributed by atoms with E-state index in [0.29, 0.717) is 11.6 Å². The van der Waals surface area contributed by atoms with Gasteiger partial charge in [0.1, 0.15) is 5.69 Å². The number of anilines is 1. The largest absolute Gasteiger partial charge is 0.364 e. The summed E-state index contributed by atoms with van der Waals surface area (Å²) in [6.45, 7) is 2.07. The Kier molecular flexibility index (Phi) is 3.47. The lowest BCUT2D eigenvalue weighted by Gasteiger charge is -2.05. The highest BCUT2D eigenvalue weighted by Crippen LogP contribution is 2.50. The lowest BCUT2D eigenvalue weighted by Crippen LogP contribution is -2.16. The van der Waals surface area contributed by atoms with E-state index in [1.165, 1.54) is 22.7 Å². The van der Waals surface area contributed by atoms with E-state index in [0.717, 1.165) is 6.42 Å². The number of rotatable bonds is 4. The number of aromatic nitrogens is 1. The second kappa shape index (κ2) is 5.29. The normalized spacial score (nSPS) is 20.0. The minimum atomic E-state index is -0.580. The molecule has 0 aromatic carbocycles. The zero-order chi connectivity index (χ0) is 15.0. The lowest BCUT2D eigenvalue weighted by atomic mass is 10.2. The number of pyridine rings is 1. The second-order valence-electron chi connectivity index (χ2n) is 5.20. The van der Waals surface area contributed by atoms with Gasteiger partial charge in [0.05, 0.1) is 11.9 Å². The molecular weight excluding hydrogens is 286 g/mol. The van der Waals surface area contributed by atoms with Crippen molar-refractivity contribution in [1.29, 1.82) is 0 Å². The zero-order valence-electron chi connectivity index (χ0n) is 11.5. The summed E-state index contributed by atoms with van der Waals surface area (Å²) in [5, 5.41) is 4.89. The molecule has 0 unspecified atom stereocenters. The molecule has 0 bridgehead atoms. The van der Waals surface area contributed by atoms with Gasteiger partial charge in [-0.3, -0.25) is 9.59 Å². The van der Waals surface area contributed by atoms with Crippen molar-refractivity contribution in [2.75, 3.05) is 5.32 Å². The Bertz CT molecular complexity index is 693. The number of amides is 2. The summed E-state index contributed by atoms with van der Waals surface area (Å²) < 4.78 is 0. The molecule has 0 spiro atoms. The van der Waals surface area contributed by atoms with Crippen LogP contribution in [0.3, 0.4) is 0 Å². The van der Waals surface area contributed by atoms with Crippen molar-refractivity contribution in [1.82, 2.24) is 4.98 Å². The van der Waals surface area contributed by atoms with Crippen LogP contribution in [-0.2, 0) is 4.79 Å². The number of nitrogens with zero attached hydrogens (tertiary/aromatic N) is 1. The monoisotopic (exact) mass is 301 g/mol. The molecule has 0 aliphatic heterocycles. The number of aryl methyl sites for hydroxylation is 1. The molecule has 1 saturated carbocycles. The Morgan fingerprint density at radius 2 is 2.19 bits per heavy atom. The maximum Gasteiger partial charge on any atom is 0.267 e. The summed E-state index contributed by atoms with van der Waals surface area (Å²) in [7, 11) is 0. The highest BCUT2D eigenvalue weighted by atomic mass is 32.1. The lowest BCUT2D eigenvalue weighted by molar-refractivity contribution is -0.117. The maximum absolute atomic E-state index is 12.2. The number of hydrogen-bond acceptors (Lipinski definition) is 4. The van der Waals surface area contributed by atoms with Crippen LogP contribution < -0.4 is 11.1 Å². The molecule has 2 heterocycles. The second-order valence-corrected chi connectivity index (χ2v) is 6.15. The number of carbonyl (C=O) groups is 2. The van der Waals surface area contributed by atoms with E-state index in [1.54, 1.807) is 17.4 Å². The number of nitrogens with two attached hydrogens (primary N) is 1. The molecule has 108 valence electrons. The number of carbonyl (C=O) groups excluding carboxylic acids is 2. The molecule has 3 rings (SSSR count). The summed E-state index contributed by atoms with van der Waals surface area (Å²) in [4.78, 5) is 28.3. The van der Waals surface area contributed by atoms with Crippen LogP contribution in [0.1, 0.15) is 33.3 Å². The molecule has 1 aliphatic carbocycles. The quantitative estimate of drug-likeness (QED) is 0.908. The van der Waals surface area contributed by atoms with Crippen molar-refractivity contribution in [2.45, 2.75) is 19.3 Å². The summed E-state index contributed by atoms with van der Waals surface area (Å²) in [5.74, 6) is -0.217. The van der Waals surface area contributed by atoms with Crippen LogP contribution in [0.2, 0.25) is 0 Å². The van der Waals surface area contributed by atoms with Gasteiger partial charge in [-0.1, -0.05) is 0 Å².